The molecule has 0 aliphatic carbocycles. The molecule has 0 aromatic rings. The molecule has 1 heterocycles. The van der Waals surface area contributed by atoms with Gasteiger partial charge in [-0.2, -0.15) is 0 Å². The topological polar surface area (TPSA) is 58.3 Å². The second-order valence-corrected chi connectivity index (χ2v) is 2.26. The van der Waals surface area contributed by atoms with Gasteiger partial charge in [0.2, 0.25) is 0 Å². The van der Waals surface area contributed by atoms with Gasteiger partial charge in [0.05, 0.1) is 0 Å². The number of hydrogen-bond acceptors (Lipinski definition) is 3. The molecule has 0 radical (unpaired) electrons. The first-order valence-corrected chi connectivity index (χ1v) is 2.91. The molecule has 0 amide bonds. The maximum atomic E-state index is 8.62. The fraction of sp³-hybridized carbons (Fsp3) is 1.00. The van der Waals surface area contributed by atoms with Crippen LogP contribution in [-0.2, 0) is 0 Å². The normalized spacial score (nSPS) is 38.2. The van der Waals surface area contributed by atoms with E-state index in [0.29, 0.717) is 0 Å². The van der Waals surface area contributed by atoms with Crippen molar-refractivity contribution < 1.29 is 5.11 Å². The van der Waals surface area contributed by atoms with Gasteiger partial charge in [0.15, 0.2) is 0 Å². The first-order chi connectivity index (χ1) is 3.84. The summed E-state index contributed by atoms with van der Waals surface area (Å²) in [6, 6.07) is 0.167. The van der Waals surface area contributed by atoms with Crippen LogP contribution >= 0.6 is 0 Å². The van der Waals surface area contributed by atoms with Crippen LogP contribution in [0.4, 0.5) is 0 Å². The Balaban J connectivity index is 2.30. The number of aliphatic hydroxyl groups is 1. The van der Waals surface area contributed by atoms with E-state index in [-0.39, 0.29) is 18.6 Å². The van der Waals surface area contributed by atoms with Crippen LogP contribution in [0.5, 0.6) is 0 Å². The third kappa shape index (κ3) is 0.992. The molecule has 8 heavy (non-hydrogen) atoms. The third-order valence-corrected chi connectivity index (χ3v) is 1.63. The molecule has 1 aliphatic rings. The Hall–Kier alpha value is -0.120. The first kappa shape index (κ1) is 6.01. The molecule has 1 aliphatic heterocycles. The van der Waals surface area contributed by atoms with E-state index in [1.165, 1.54) is 0 Å². The van der Waals surface area contributed by atoms with Crippen molar-refractivity contribution >= 4 is 0 Å². The fourth-order valence-electron chi connectivity index (χ4n) is 0.953. The predicted octanol–water partition coefficient (Wildman–Crippen LogP) is -1.47. The second kappa shape index (κ2) is 2.44. The van der Waals surface area contributed by atoms with E-state index in [2.05, 4.69) is 5.32 Å². The Kier molecular flexibility index (Phi) is 1.83. The highest BCUT2D eigenvalue weighted by molar-refractivity contribution is 4.82. The molecular formula is C5H12N2O. The molecule has 1 fully saturated rings. The highest BCUT2D eigenvalue weighted by Crippen LogP contribution is 2.03. The summed E-state index contributed by atoms with van der Waals surface area (Å²) in [4.78, 5) is 0. The van der Waals surface area contributed by atoms with Crippen LogP contribution in [0.3, 0.4) is 0 Å². The Bertz CT molecular complexity index is 76.8. The maximum absolute atomic E-state index is 8.62. The van der Waals surface area contributed by atoms with Crippen LogP contribution in [0.1, 0.15) is 0 Å². The second-order valence-electron chi connectivity index (χ2n) is 2.26. The summed E-state index contributed by atoms with van der Waals surface area (Å²) in [5.41, 5.74) is 5.57. The van der Waals surface area contributed by atoms with Crippen molar-refractivity contribution in [2.75, 3.05) is 19.7 Å². The SMILES string of the molecule is N[C@H]1CNCC1CO. The molecule has 1 saturated heterocycles. The van der Waals surface area contributed by atoms with Crippen LogP contribution in [-0.4, -0.2) is 30.8 Å². The van der Waals surface area contributed by atoms with Gasteiger partial charge in [0, 0.05) is 31.7 Å². The third-order valence-electron chi connectivity index (χ3n) is 1.63. The fourth-order valence-corrected chi connectivity index (χ4v) is 0.953. The molecule has 0 spiro atoms. The minimum absolute atomic E-state index is 0.167. The van der Waals surface area contributed by atoms with Gasteiger partial charge in [0.1, 0.15) is 0 Å². The lowest BCUT2D eigenvalue weighted by Gasteiger charge is -2.08. The van der Waals surface area contributed by atoms with Gasteiger partial charge in [-0.25, -0.2) is 0 Å². The van der Waals surface area contributed by atoms with Crippen molar-refractivity contribution in [1.82, 2.24) is 5.32 Å². The molecule has 0 bridgehead atoms. The van der Waals surface area contributed by atoms with Gasteiger partial charge in [-0.1, -0.05) is 0 Å². The zero-order valence-electron chi connectivity index (χ0n) is 4.80. The van der Waals surface area contributed by atoms with Crippen LogP contribution in [0.15, 0.2) is 0 Å². The summed E-state index contributed by atoms with van der Waals surface area (Å²) in [5, 5.41) is 11.7. The van der Waals surface area contributed by atoms with Crippen molar-refractivity contribution in [3.8, 4) is 0 Å². The molecule has 0 aromatic heterocycles. The van der Waals surface area contributed by atoms with E-state index < -0.39 is 0 Å². The van der Waals surface area contributed by atoms with Crippen LogP contribution < -0.4 is 11.1 Å². The molecule has 1 unspecified atom stereocenters. The van der Waals surface area contributed by atoms with Gasteiger partial charge >= 0.3 is 0 Å². The molecule has 48 valence electrons. The zero-order chi connectivity index (χ0) is 5.98. The monoisotopic (exact) mass is 116 g/mol. The smallest absolute Gasteiger partial charge is 0.0486 e. The first-order valence-electron chi connectivity index (χ1n) is 2.91. The van der Waals surface area contributed by atoms with E-state index in [4.69, 9.17) is 10.8 Å². The van der Waals surface area contributed by atoms with Gasteiger partial charge in [0.25, 0.3) is 0 Å². The predicted molar refractivity (Wildman–Crippen MR) is 31.4 cm³/mol. The molecule has 3 heteroatoms. The Morgan fingerprint density at radius 1 is 1.62 bits per heavy atom. The Morgan fingerprint density at radius 3 is 2.62 bits per heavy atom. The zero-order valence-corrected chi connectivity index (χ0v) is 4.80. The lowest BCUT2D eigenvalue weighted by Crippen LogP contribution is -2.30. The van der Waals surface area contributed by atoms with Gasteiger partial charge in [-0.3, -0.25) is 0 Å². The summed E-state index contributed by atoms with van der Waals surface area (Å²) >= 11 is 0. The van der Waals surface area contributed by atoms with Crippen LogP contribution in [0.2, 0.25) is 0 Å². The van der Waals surface area contributed by atoms with Crippen molar-refractivity contribution in [2.45, 2.75) is 6.04 Å². The summed E-state index contributed by atoms with van der Waals surface area (Å²) in [5.74, 6) is 0.287. The number of hydrogen-bond donors (Lipinski definition) is 3. The van der Waals surface area contributed by atoms with E-state index in [0.717, 1.165) is 13.1 Å². The van der Waals surface area contributed by atoms with Crippen molar-refractivity contribution in [1.29, 1.82) is 0 Å². The highest BCUT2D eigenvalue weighted by atomic mass is 16.3. The van der Waals surface area contributed by atoms with Crippen LogP contribution in [0, 0.1) is 5.92 Å². The maximum Gasteiger partial charge on any atom is 0.0486 e. The van der Waals surface area contributed by atoms with Crippen LogP contribution in [0.25, 0.3) is 0 Å². The minimum Gasteiger partial charge on any atom is -0.396 e. The summed E-state index contributed by atoms with van der Waals surface area (Å²) in [6.45, 7) is 1.94. The van der Waals surface area contributed by atoms with Gasteiger partial charge in [-0.15, -0.1) is 0 Å². The molecular weight excluding hydrogens is 104 g/mol. The highest BCUT2D eigenvalue weighted by Gasteiger charge is 2.21. The Morgan fingerprint density at radius 2 is 2.38 bits per heavy atom. The van der Waals surface area contributed by atoms with E-state index >= 15 is 0 Å². The van der Waals surface area contributed by atoms with Gasteiger partial charge < -0.3 is 16.2 Å². The van der Waals surface area contributed by atoms with Crippen molar-refractivity contribution in [2.24, 2.45) is 11.7 Å². The lowest BCUT2D eigenvalue weighted by atomic mass is 10.1. The largest absolute Gasteiger partial charge is 0.396 e. The number of nitrogens with two attached hydrogens (primary N) is 1. The average Bonchev–Trinajstić information content (AvgIpc) is 2.14. The molecule has 1 rings (SSSR count). The molecule has 2 atom stereocenters. The average molecular weight is 116 g/mol. The standard InChI is InChI=1S/C5H12N2O/c6-5-2-7-1-4(5)3-8/h4-5,7-8H,1-3,6H2/t4?,5-/m0/s1. The van der Waals surface area contributed by atoms with Crippen molar-refractivity contribution in [3.63, 3.8) is 0 Å². The quantitative estimate of drug-likeness (QED) is 0.392. The van der Waals surface area contributed by atoms with E-state index in [9.17, 15) is 0 Å². The molecule has 0 saturated carbocycles. The molecule has 0 aromatic carbocycles. The molecule has 3 nitrogen and oxygen atoms in total. The van der Waals surface area contributed by atoms with E-state index in [1.807, 2.05) is 0 Å². The summed E-state index contributed by atoms with van der Waals surface area (Å²) < 4.78 is 0. The number of nitrogens with one attached hydrogen (secondary N) is 1. The van der Waals surface area contributed by atoms with Gasteiger partial charge in [-0.05, 0) is 0 Å². The lowest BCUT2D eigenvalue weighted by molar-refractivity contribution is 0.227. The molecule has 4 N–H and O–H groups in total. The van der Waals surface area contributed by atoms with Crippen molar-refractivity contribution in [3.05, 3.63) is 0 Å². The Labute approximate surface area is 48.9 Å². The minimum atomic E-state index is 0.167. The number of aliphatic hydroxyl groups excluding tert-OH is 1. The summed E-state index contributed by atoms with van der Waals surface area (Å²) in [6.07, 6.45) is 0. The summed E-state index contributed by atoms with van der Waals surface area (Å²) in [7, 11) is 0. The number of rotatable bonds is 1. The van der Waals surface area contributed by atoms with E-state index in [1.54, 1.807) is 0 Å².